The number of carboxylic acid groups (broad SMARTS) is 1. The second-order valence-electron chi connectivity index (χ2n) is 5.85. The van der Waals surface area contributed by atoms with E-state index in [1.807, 2.05) is 57.4 Å². The van der Waals surface area contributed by atoms with Crippen molar-refractivity contribution in [2.45, 2.75) is 6.92 Å². The van der Waals surface area contributed by atoms with E-state index in [2.05, 4.69) is 0 Å². The molecule has 0 aliphatic carbocycles. The van der Waals surface area contributed by atoms with Gasteiger partial charge in [-0.1, -0.05) is 24.3 Å². The van der Waals surface area contributed by atoms with Crippen LogP contribution in [0.1, 0.15) is 27.6 Å². The van der Waals surface area contributed by atoms with Crippen molar-refractivity contribution in [1.82, 2.24) is 0 Å². The van der Waals surface area contributed by atoms with Crippen LogP contribution in [0.25, 0.3) is 0 Å². The van der Waals surface area contributed by atoms with Gasteiger partial charge < -0.3 is 19.6 Å². The Morgan fingerprint density at radius 1 is 0.846 bits per heavy atom. The zero-order valence-electron chi connectivity index (χ0n) is 15.9. The lowest BCUT2D eigenvalue weighted by atomic mass is 10.1. The Morgan fingerprint density at radius 2 is 1.27 bits per heavy atom. The smallest absolute Gasteiger partial charge is 0.340 e. The minimum absolute atomic E-state index is 0.267. The number of carbonyl (C=O) groups is 2. The normalized spacial score (nSPS) is 9.58. The highest BCUT2D eigenvalue weighted by molar-refractivity contribution is 5.96. The van der Waals surface area contributed by atoms with E-state index >= 15 is 0 Å². The van der Waals surface area contributed by atoms with Gasteiger partial charge in [-0.05, 0) is 31.2 Å². The molecular weight excluding hydrogens is 332 g/mol. The molecule has 0 fully saturated rings. The molecule has 0 atom stereocenters. The topological polar surface area (TPSA) is 70.1 Å². The molecule has 0 bridgehead atoms. The Bertz CT molecular complexity index is 742. The molecule has 2 rings (SSSR count). The zero-order chi connectivity index (χ0) is 19.7. The van der Waals surface area contributed by atoms with E-state index in [1.54, 1.807) is 36.1 Å². The van der Waals surface area contributed by atoms with Crippen LogP contribution in [-0.4, -0.2) is 51.8 Å². The summed E-state index contributed by atoms with van der Waals surface area (Å²) in [5.74, 6) is -1.16. The van der Waals surface area contributed by atoms with Gasteiger partial charge in [-0.15, -0.1) is 0 Å². The fraction of sp³-hybridized carbons (Fsp3) is 0.300. The third kappa shape index (κ3) is 5.81. The third-order valence-corrected chi connectivity index (χ3v) is 3.50. The van der Waals surface area contributed by atoms with E-state index in [0.29, 0.717) is 17.7 Å². The van der Waals surface area contributed by atoms with Crippen molar-refractivity contribution in [2.75, 3.05) is 44.6 Å². The summed E-state index contributed by atoms with van der Waals surface area (Å²) >= 11 is 0. The van der Waals surface area contributed by atoms with Crippen LogP contribution in [0.15, 0.2) is 48.5 Å². The van der Waals surface area contributed by atoms with Crippen molar-refractivity contribution < 1.29 is 19.4 Å². The highest BCUT2D eigenvalue weighted by Gasteiger charge is 2.12. The molecule has 2 aromatic rings. The summed E-state index contributed by atoms with van der Waals surface area (Å²) < 4.78 is 4.95. The van der Waals surface area contributed by atoms with Gasteiger partial charge in [-0.25, -0.2) is 9.59 Å². The van der Waals surface area contributed by atoms with Gasteiger partial charge in [0.15, 0.2) is 0 Å². The van der Waals surface area contributed by atoms with Crippen LogP contribution < -0.4 is 9.80 Å². The van der Waals surface area contributed by atoms with E-state index in [4.69, 9.17) is 9.84 Å². The summed E-state index contributed by atoms with van der Waals surface area (Å²) in [6, 6.07) is 14.3. The summed E-state index contributed by atoms with van der Waals surface area (Å²) in [4.78, 5) is 25.9. The molecule has 6 heteroatoms. The summed E-state index contributed by atoms with van der Waals surface area (Å²) in [6.45, 7) is 2.21. The number of esters is 1. The molecular formula is C20H26N2O4. The van der Waals surface area contributed by atoms with Crippen molar-refractivity contribution in [3.63, 3.8) is 0 Å². The molecule has 140 valence electrons. The predicted octanol–water partition coefficient (Wildman–Crippen LogP) is 3.38. The molecule has 6 nitrogen and oxygen atoms in total. The van der Waals surface area contributed by atoms with E-state index in [9.17, 15) is 9.59 Å². The number of aromatic carboxylic acids is 1. The van der Waals surface area contributed by atoms with Crippen molar-refractivity contribution in [2.24, 2.45) is 0 Å². The van der Waals surface area contributed by atoms with Gasteiger partial charge in [0.2, 0.25) is 0 Å². The number of ether oxygens (including phenoxy) is 1. The van der Waals surface area contributed by atoms with Crippen LogP contribution in [0.5, 0.6) is 0 Å². The molecule has 0 radical (unpaired) electrons. The van der Waals surface area contributed by atoms with Crippen LogP contribution in [0, 0.1) is 0 Å². The third-order valence-electron chi connectivity index (χ3n) is 3.50. The van der Waals surface area contributed by atoms with E-state index in [1.165, 1.54) is 0 Å². The number of carboxylic acids is 1. The second-order valence-corrected chi connectivity index (χ2v) is 5.85. The van der Waals surface area contributed by atoms with Gasteiger partial charge in [-0.2, -0.15) is 0 Å². The molecule has 26 heavy (non-hydrogen) atoms. The standard InChI is InChI=1S/C11H15NO2.C9H11NO2/c1-4-14-11(13)9-7-5-6-8-10(9)12(2)3;1-10(2)8-6-4-3-5-7(8)9(11)12/h5-8H,4H2,1-3H3;3-6H,1-2H3,(H,11,12). The van der Waals surface area contributed by atoms with Crippen molar-refractivity contribution in [3.8, 4) is 0 Å². The van der Waals surface area contributed by atoms with Crippen LogP contribution in [-0.2, 0) is 4.74 Å². The molecule has 0 unspecified atom stereocenters. The number of hydrogen-bond donors (Lipinski definition) is 1. The number of para-hydroxylation sites is 2. The Hall–Kier alpha value is -3.02. The van der Waals surface area contributed by atoms with Crippen LogP contribution in [0.3, 0.4) is 0 Å². The highest BCUT2D eigenvalue weighted by atomic mass is 16.5. The monoisotopic (exact) mass is 358 g/mol. The van der Waals surface area contributed by atoms with E-state index in [0.717, 1.165) is 11.4 Å². The predicted molar refractivity (Wildman–Crippen MR) is 104 cm³/mol. The number of carbonyl (C=O) groups excluding carboxylic acids is 1. The Labute approximate surface area is 154 Å². The fourth-order valence-electron chi connectivity index (χ4n) is 2.29. The lowest BCUT2D eigenvalue weighted by molar-refractivity contribution is 0.0526. The first-order valence-corrected chi connectivity index (χ1v) is 8.22. The van der Waals surface area contributed by atoms with Gasteiger partial charge in [0, 0.05) is 28.2 Å². The zero-order valence-corrected chi connectivity index (χ0v) is 15.9. The van der Waals surface area contributed by atoms with Crippen LogP contribution in [0.4, 0.5) is 11.4 Å². The molecule has 0 aromatic heterocycles. The largest absolute Gasteiger partial charge is 0.478 e. The maximum absolute atomic E-state index is 11.5. The summed E-state index contributed by atoms with van der Waals surface area (Å²) in [5, 5.41) is 8.79. The average molecular weight is 358 g/mol. The molecule has 2 aromatic carbocycles. The Balaban J connectivity index is 0.000000263. The Morgan fingerprint density at radius 3 is 1.65 bits per heavy atom. The van der Waals surface area contributed by atoms with Crippen LogP contribution in [0.2, 0.25) is 0 Å². The summed E-state index contributed by atoms with van der Waals surface area (Å²) in [7, 11) is 7.44. The maximum Gasteiger partial charge on any atom is 0.340 e. The number of rotatable bonds is 5. The van der Waals surface area contributed by atoms with Gasteiger partial charge in [0.25, 0.3) is 0 Å². The van der Waals surface area contributed by atoms with Gasteiger partial charge >= 0.3 is 11.9 Å². The van der Waals surface area contributed by atoms with Gasteiger partial charge in [-0.3, -0.25) is 0 Å². The number of nitrogens with zero attached hydrogens (tertiary/aromatic N) is 2. The minimum atomic E-state index is -0.890. The molecule has 1 N–H and O–H groups in total. The number of benzene rings is 2. The van der Waals surface area contributed by atoms with Gasteiger partial charge in [0.05, 0.1) is 29.1 Å². The molecule has 0 aliphatic heterocycles. The Kier molecular flexibility index (Phi) is 8.15. The first-order chi connectivity index (χ1) is 12.3. The van der Waals surface area contributed by atoms with Crippen LogP contribution >= 0.6 is 0 Å². The van der Waals surface area contributed by atoms with Crippen molar-refractivity contribution in [3.05, 3.63) is 59.7 Å². The molecule has 0 heterocycles. The van der Waals surface area contributed by atoms with Crippen molar-refractivity contribution >= 4 is 23.3 Å². The number of hydrogen-bond acceptors (Lipinski definition) is 5. The number of anilines is 2. The second kappa shape index (κ2) is 10.1. The quantitative estimate of drug-likeness (QED) is 0.827. The molecule has 0 spiro atoms. The average Bonchev–Trinajstić information content (AvgIpc) is 2.62. The summed E-state index contributed by atoms with van der Waals surface area (Å²) in [6.07, 6.45) is 0. The van der Waals surface area contributed by atoms with Crippen molar-refractivity contribution in [1.29, 1.82) is 0 Å². The SMILES string of the molecule is CCOC(=O)c1ccccc1N(C)C.CN(C)c1ccccc1C(=O)O. The lowest BCUT2D eigenvalue weighted by Gasteiger charge is -2.15. The maximum atomic E-state index is 11.5. The van der Waals surface area contributed by atoms with E-state index in [-0.39, 0.29) is 5.97 Å². The van der Waals surface area contributed by atoms with Gasteiger partial charge in [0.1, 0.15) is 0 Å². The lowest BCUT2D eigenvalue weighted by Crippen LogP contribution is -2.15. The van der Waals surface area contributed by atoms with E-state index < -0.39 is 5.97 Å². The molecule has 0 amide bonds. The molecule has 0 saturated heterocycles. The highest BCUT2D eigenvalue weighted by Crippen LogP contribution is 2.18. The summed E-state index contributed by atoms with van der Waals surface area (Å²) in [5.41, 5.74) is 2.55. The first-order valence-electron chi connectivity index (χ1n) is 8.22. The minimum Gasteiger partial charge on any atom is -0.478 e. The molecule has 0 saturated carbocycles. The molecule has 0 aliphatic rings. The fourth-order valence-corrected chi connectivity index (χ4v) is 2.29. The first kappa shape index (κ1) is 21.0.